The Hall–Kier alpha value is -0.550. The predicted octanol–water partition coefficient (Wildman–Crippen LogP) is 3.02. The van der Waals surface area contributed by atoms with Crippen LogP contribution in [-0.2, 0) is 4.74 Å². The zero-order chi connectivity index (χ0) is 11.0. The maximum Gasteiger partial charge on any atom is 0.337 e. The molecule has 1 aromatic carbocycles. The molecular weight excluding hydrogens is 328 g/mol. The molecule has 1 aliphatic heterocycles. The fourth-order valence-electron chi connectivity index (χ4n) is 1.43. The van der Waals surface area contributed by atoms with Gasteiger partial charge in [0.05, 0.1) is 17.5 Å². The lowest BCUT2D eigenvalue weighted by atomic mass is 10.1. The summed E-state index contributed by atoms with van der Waals surface area (Å²) in [4.78, 5) is 11.4. The van der Waals surface area contributed by atoms with Gasteiger partial charge in [-0.3, -0.25) is 0 Å². The van der Waals surface area contributed by atoms with Crippen molar-refractivity contribution >= 4 is 37.8 Å². The first-order chi connectivity index (χ1) is 7.13. The minimum absolute atomic E-state index is 0.0969. The van der Waals surface area contributed by atoms with Crippen LogP contribution in [0.2, 0.25) is 0 Å². The second-order valence-electron chi connectivity index (χ2n) is 3.11. The molecule has 2 atom stereocenters. The van der Waals surface area contributed by atoms with Crippen LogP contribution < -0.4 is 4.74 Å². The van der Waals surface area contributed by atoms with Gasteiger partial charge in [-0.25, -0.2) is 4.79 Å². The average molecular weight is 336 g/mol. The molecule has 1 aliphatic rings. The van der Waals surface area contributed by atoms with Gasteiger partial charge in [-0.2, -0.15) is 0 Å². The van der Waals surface area contributed by atoms with Crippen molar-refractivity contribution in [1.82, 2.24) is 0 Å². The van der Waals surface area contributed by atoms with Crippen LogP contribution in [0.4, 0.5) is 0 Å². The van der Waals surface area contributed by atoms with E-state index in [2.05, 4.69) is 36.6 Å². The fraction of sp³-hybridized carbons (Fsp3) is 0.300. The molecule has 1 heterocycles. The zero-order valence-corrected chi connectivity index (χ0v) is 11.0. The van der Waals surface area contributed by atoms with Crippen LogP contribution in [0.15, 0.2) is 18.2 Å². The van der Waals surface area contributed by atoms with Gasteiger partial charge >= 0.3 is 5.97 Å². The van der Waals surface area contributed by atoms with E-state index in [1.54, 1.807) is 12.1 Å². The molecule has 0 aliphatic carbocycles. The van der Waals surface area contributed by atoms with E-state index >= 15 is 0 Å². The number of methoxy groups -OCH3 is 1. The number of fused-ring (bicyclic) bond motifs is 1. The Balaban J connectivity index is 2.37. The number of halogens is 2. The second-order valence-corrected chi connectivity index (χ2v) is 5.00. The summed E-state index contributed by atoms with van der Waals surface area (Å²) in [6.07, 6.45) is 0. The summed E-state index contributed by atoms with van der Waals surface area (Å²) in [5.41, 5.74) is 1.53. The number of carbonyl (C=O) groups is 1. The normalized spacial score (nSPS) is 23.1. The predicted molar refractivity (Wildman–Crippen MR) is 62.8 cm³/mol. The number of ether oxygens (including phenoxy) is 2. The fourth-order valence-corrected chi connectivity index (χ4v) is 2.40. The number of hydrogen-bond donors (Lipinski definition) is 0. The van der Waals surface area contributed by atoms with Gasteiger partial charge in [0.1, 0.15) is 5.75 Å². The highest BCUT2D eigenvalue weighted by Crippen LogP contribution is 2.44. The SMILES string of the molecule is COC(=O)c1ccc2c(c1)OC(Br)C2Br. The van der Waals surface area contributed by atoms with Gasteiger partial charge in [0.15, 0.2) is 5.01 Å². The molecule has 80 valence electrons. The van der Waals surface area contributed by atoms with Crippen LogP contribution in [0.25, 0.3) is 0 Å². The highest BCUT2D eigenvalue weighted by atomic mass is 79.9. The van der Waals surface area contributed by atoms with E-state index in [4.69, 9.17) is 4.74 Å². The summed E-state index contributed by atoms with van der Waals surface area (Å²) in [5.74, 6) is 0.354. The Morgan fingerprint density at radius 3 is 2.87 bits per heavy atom. The molecule has 2 unspecified atom stereocenters. The molecule has 5 heteroatoms. The number of rotatable bonds is 1. The van der Waals surface area contributed by atoms with E-state index < -0.39 is 0 Å². The Morgan fingerprint density at radius 2 is 2.20 bits per heavy atom. The first-order valence-corrected chi connectivity index (χ1v) is 6.13. The molecule has 0 bridgehead atoms. The highest BCUT2D eigenvalue weighted by molar-refractivity contribution is 9.12. The summed E-state index contributed by atoms with van der Waals surface area (Å²) in [5, 5.41) is -0.0969. The van der Waals surface area contributed by atoms with Crippen LogP contribution in [0.1, 0.15) is 20.7 Å². The number of alkyl halides is 2. The van der Waals surface area contributed by atoms with E-state index in [9.17, 15) is 4.79 Å². The maximum absolute atomic E-state index is 11.3. The van der Waals surface area contributed by atoms with Crippen LogP contribution in [-0.4, -0.2) is 18.1 Å². The minimum atomic E-state index is -0.356. The molecule has 0 amide bonds. The Morgan fingerprint density at radius 1 is 1.47 bits per heavy atom. The van der Waals surface area contributed by atoms with E-state index in [0.717, 1.165) is 5.56 Å². The first-order valence-electron chi connectivity index (χ1n) is 4.30. The van der Waals surface area contributed by atoms with Gasteiger partial charge in [0.2, 0.25) is 0 Å². The molecule has 3 nitrogen and oxygen atoms in total. The van der Waals surface area contributed by atoms with Crippen LogP contribution in [0, 0.1) is 0 Å². The lowest BCUT2D eigenvalue weighted by Gasteiger charge is -2.03. The van der Waals surface area contributed by atoms with E-state index in [1.807, 2.05) is 6.07 Å². The maximum atomic E-state index is 11.3. The molecule has 0 spiro atoms. The van der Waals surface area contributed by atoms with Crippen LogP contribution in [0.3, 0.4) is 0 Å². The van der Waals surface area contributed by atoms with Gasteiger partial charge in [0.25, 0.3) is 0 Å². The molecule has 0 aromatic heterocycles. The quantitative estimate of drug-likeness (QED) is 0.584. The molecule has 0 saturated carbocycles. The number of hydrogen-bond acceptors (Lipinski definition) is 3. The molecule has 2 rings (SSSR count). The van der Waals surface area contributed by atoms with Crippen molar-refractivity contribution in [2.24, 2.45) is 0 Å². The summed E-state index contributed by atoms with van der Waals surface area (Å²) in [6.45, 7) is 0. The Kier molecular flexibility index (Phi) is 3.02. The molecule has 15 heavy (non-hydrogen) atoms. The topological polar surface area (TPSA) is 35.5 Å². The van der Waals surface area contributed by atoms with Gasteiger partial charge in [-0.15, -0.1) is 0 Å². The summed E-state index contributed by atoms with van der Waals surface area (Å²) >= 11 is 6.87. The van der Waals surface area contributed by atoms with Crippen molar-refractivity contribution in [3.63, 3.8) is 0 Å². The zero-order valence-electron chi connectivity index (χ0n) is 7.87. The van der Waals surface area contributed by atoms with Crippen molar-refractivity contribution in [1.29, 1.82) is 0 Å². The van der Waals surface area contributed by atoms with E-state index in [-0.39, 0.29) is 15.8 Å². The molecule has 0 saturated heterocycles. The second kappa shape index (κ2) is 4.14. The number of benzene rings is 1. The monoisotopic (exact) mass is 334 g/mol. The van der Waals surface area contributed by atoms with Gasteiger partial charge < -0.3 is 9.47 Å². The highest BCUT2D eigenvalue weighted by Gasteiger charge is 2.30. The summed E-state index contributed by atoms with van der Waals surface area (Å²) < 4.78 is 10.1. The third-order valence-electron chi connectivity index (χ3n) is 2.20. The molecule has 0 fully saturated rings. The first kappa shape index (κ1) is 11.0. The molecule has 0 N–H and O–H groups in total. The van der Waals surface area contributed by atoms with Crippen molar-refractivity contribution in [3.8, 4) is 5.75 Å². The number of esters is 1. The molecule has 0 radical (unpaired) electrons. The van der Waals surface area contributed by atoms with E-state index in [0.29, 0.717) is 11.3 Å². The molecular formula is C10H8Br2O3. The third-order valence-corrected chi connectivity index (χ3v) is 4.60. The van der Waals surface area contributed by atoms with Crippen molar-refractivity contribution < 1.29 is 14.3 Å². The average Bonchev–Trinajstić information content (AvgIpc) is 2.53. The van der Waals surface area contributed by atoms with Crippen molar-refractivity contribution in [3.05, 3.63) is 29.3 Å². The summed E-state index contributed by atoms with van der Waals surface area (Å²) in [7, 11) is 1.36. The number of carbonyl (C=O) groups excluding carboxylic acids is 1. The van der Waals surface area contributed by atoms with Crippen LogP contribution in [0.5, 0.6) is 5.75 Å². The third kappa shape index (κ3) is 1.90. The van der Waals surface area contributed by atoms with Gasteiger partial charge in [-0.1, -0.05) is 22.0 Å². The van der Waals surface area contributed by atoms with Crippen molar-refractivity contribution in [2.45, 2.75) is 9.84 Å². The van der Waals surface area contributed by atoms with Crippen LogP contribution >= 0.6 is 31.9 Å². The standard InChI is InChI=1S/C10H8Br2O3/c1-14-10(13)5-2-3-6-7(4-5)15-9(12)8(6)11/h2-4,8-9H,1H3. The Labute approximate surface area is 104 Å². The van der Waals surface area contributed by atoms with Gasteiger partial charge in [-0.05, 0) is 28.1 Å². The van der Waals surface area contributed by atoms with Gasteiger partial charge in [0, 0.05) is 5.56 Å². The minimum Gasteiger partial charge on any atom is -0.477 e. The Bertz CT molecular complexity index is 406. The van der Waals surface area contributed by atoms with Crippen molar-refractivity contribution in [2.75, 3.05) is 7.11 Å². The smallest absolute Gasteiger partial charge is 0.337 e. The largest absolute Gasteiger partial charge is 0.477 e. The molecule has 1 aromatic rings. The summed E-state index contributed by atoms with van der Waals surface area (Å²) in [6, 6.07) is 5.28. The lowest BCUT2D eigenvalue weighted by Crippen LogP contribution is -2.03. The lowest BCUT2D eigenvalue weighted by molar-refractivity contribution is 0.0600. The van der Waals surface area contributed by atoms with E-state index in [1.165, 1.54) is 7.11 Å².